The fraction of sp³-hybridized carbons (Fsp3) is 0.471. The van der Waals surface area contributed by atoms with Crippen molar-refractivity contribution < 1.29 is 27.5 Å². The van der Waals surface area contributed by atoms with Crippen molar-refractivity contribution in [1.29, 1.82) is 0 Å². The molecule has 0 bridgehead atoms. The average molecular weight is 397 g/mol. The molecule has 10 heteroatoms. The number of carbonyl (C=O) groups is 3. The lowest BCUT2D eigenvalue weighted by molar-refractivity contribution is -0.145. The van der Waals surface area contributed by atoms with Crippen LogP contribution in [0.1, 0.15) is 29.3 Å². The monoisotopic (exact) mass is 397 g/mol. The van der Waals surface area contributed by atoms with Gasteiger partial charge in [-0.3, -0.25) is 14.4 Å². The number of amides is 2. The Hall–Kier alpha value is -2.46. The molecule has 2 rings (SSSR count). The third kappa shape index (κ3) is 4.64. The first-order valence-electron chi connectivity index (χ1n) is 8.47. The van der Waals surface area contributed by atoms with E-state index in [9.17, 15) is 22.8 Å². The number of nitrogens with zero attached hydrogens (tertiary/aromatic N) is 1. The van der Waals surface area contributed by atoms with Gasteiger partial charge in [0.25, 0.3) is 5.91 Å². The molecular weight excluding hydrogens is 374 g/mol. The van der Waals surface area contributed by atoms with Gasteiger partial charge in [0, 0.05) is 25.2 Å². The van der Waals surface area contributed by atoms with Gasteiger partial charge in [-0.1, -0.05) is 13.0 Å². The molecule has 1 saturated heterocycles. The van der Waals surface area contributed by atoms with E-state index in [1.807, 2.05) is 0 Å². The number of hydrogen-bond donors (Lipinski definition) is 2. The van der Waals surface area contributed by atoms with Crippen LogP contribution in [-0.2, 0) is 24.3 Å². The summed E-state index contributed by atoms with van der Waals surface area (Å²) in [6.45, 7) is 4.00. The largest absolute Gasteiger partial charge is 0.469 e. The van der Waals surface area contributed by atoms with Crippen molar-refractivity contribution in [2.75, 3.05) is 26.7 Å². The number of esters is 1. The molecule has 1 aliphatic rings. The smallest absolute Gasteiger partial charge is 0.308 e. The fourth-order valence-electron chi connectivity index (χ4n) is 2.83. The van der Waals surface area contributed by atoms with Gasteiger partial charge in [-0.15, -0.1) is 0 Å². The summed E-state index contributed by atoms with van der Waals surface area (Å²) in [5.74, 6) is -1.58. The van der Waals surface area contributed by atoms with Crippen LogP contribution in [0.3, 0.4) is 0 Å². The van der Waals surface area contributed by atoms with E-state index < -0.39 is 33.8 Å². The Kier molecular flexibility index (Phi) is 6.55. The van der Waals surface area contributed by atoms with Crippen LogP contribution in [0.4, 0.5) is 0 Å². The zero-order valence-corrected chi connectivity index (χ0v) is 16.3. The molecule has 0 spiro atoms. The Balaban J connectivity index is 2.39. The van der Waals surface area contributed by atoms with Crippen LogP contribution in [0, 0.1) is 6.92 Å². The number of sulfonamides is 1. The SMILES string of the molecule is CCNS(=O)(=O)c1ccc(C)c(C(=O)N2CCNC(=O)C2CC(=O)OC)c1. The minimum atomic E-state index is -3.74. The summed E-state index contributed by atoms with van der Waals surface area (Å²) in [6, 6.07) is 3.24. The molecule has 0 saturated carbocycles. The summed E-state index contributed by atoms with van der Waals surface area (Å²) in [4.78, 5) is 38.1. The molecule has 0 aliphatic carbocycles. The highest BCUT2D eigenvalue weighted by atomic mass is 32.2. The molecule has 148 valence electrons. The summed E-state index contributed by atoms with van der Waals surface area (Å²) in [5.41, 5.74) is 0.733. The van der Waals surface area contributed by atoms with E-state index in [1.165, 1.54) is 30.2 Å². The Morgan fingerprint density at radius 1 is 1.37 bits per heavy atom. The van der Waals surface area contributed by atoms with Gasteiger partial charge in [0.15, 0.2) is 0 Å². The number of benzene rings is 1. The van der Waals surface area contributed by atoms with Gasteiger partial charge in [-0.05, 0) is 24.6 Å². The predicted molar refractivity (Wildman–Crippen MR) is 96.5 cm³/mol. The number of nitrogens with one attached hydrogen (secondary N) is 2. The molecule has 1 unspecified atom stereocenters. The fourth-order valence-corrected chi connectivity index (χ4v) is 3.90. The van der Waals surface area contributed by atoms with Crippen LogP contribution in [0.2, 0.25) is 0 Å². The minimum absolute atomic E-state index is 0.0377. The minimum Gasteiger partial charge on any atom is -0.469 e. The van der Waals surface area contributed by atoms with Crippen molar-refractivity contribution in [1.82, 2.24) is 14.9 Å². The predicted octanol–water partition coefficient (Wildman–Crippen LogP) is -0.203. The summed E-state index contributed by atoms with van der Waals surface area (Å²) < 4.78 is 31.4. The van der Waals surface area contributed by atoms with Crippen LogP contribution >= 0.6 is 0 Å². The highest BCUT2D eigenvalue weighted by Crippen LogP contribution is 2.20. The topological polar surface area (TPSA) is 122 Å². The van der Waals surface area contributed by atoms with Crippen molar-refractivity contribution in [3.05, 3.63) is 29.3 Å². The zero-order valence-electron chi connectivity index (χ0n) is 15.4. The van der Waals surface area contributed by atoms with E-state index in [0.717, 1.165) is 0 Å². The number of methoxy groups -OCH3 is 1. The van der Waals surface area contributed by atoms with E-state index in [1.54, 1.807) is 13.8 Å². The Bertz CT molecular complexity index is 852. The number of carbonyl (C=O) groups excluding carboxylic acids is 3. The standard InChI is InChI=1S/C17H23N3O6S/c1-4-19-27(24,25)12-6-5-11(2)13(9-12)17(23)20-8-7-18-16(22)14(20)10-15(21)26-3/h5-6,9,14,19H,4,7-8,10H2,1-3H3,(H,18,22). The van der Waals surface area contributed by atoms with E-state index in [4.69, 9.17) is 0 Å². The highest BCUT2D eigenvalue weighted by molar-refractivity contribution is 7.89. The Morgan fingerprint density at radius 3 is 2.70 bits per heavy atom. The first-order chi connectivity index (χ1) is 12.7. The zero-order chi connectivity index (χ0) is 20.2. The molecule has 2 amide bonds. The van der Waals surface area contributed by atoms with Gasteiger partial charge < -0.3 is 15.0 Å². The number of piperazine rings is 1. The van der Waals surface area contributed by atoms with Crippen molar-refractivity contribution in [3.63, 3.8) is 0 Å². The molecule has 27 heavy (non-hydrogen) atoms. The molecule has 1 heterocycles. The van der Waals surface area contributed by atoms with Gasteiger partial charge >= 0.3 is 5.97 Å². The normalized spacial score (nSPS) is 17.4. The molecule has 9 nitrogen and oxygen atoms in total. The number of ether oxygens (including phenoxy) is 1. The van der Waals surface area contributed by atoms with Gasteiger partial charge in [0.2, 0.25) is 15.9 Å². The Labute approximate surface area is 158 Å². The maximum atomic E-state index is 13.1. The molecule has 1 atom stereocenters. The molecule has 1 aromatic carbocycles. The van der Waals surface area contributed by atoms with Crippen LogP contribution in [-0.4, -0.2) is 63.9 Å². The van der Waals surface area contributed by atoms with Crippen molar-refractivity contribution >= 4 is 27.8 Å². The van der Waals surface area contributed by atoms with E-state index >= 15 is 0 Å². The number of rotatable bonds is 6. The van der Waals surface area contributed by atoms with E-state index in [2.05, 4.69) is 14.8 Å². The lowest BCUT2D eigenvalue weighted by Gasteiger charge is -2.34. The first kappa shape index (κ1) is 20.8. The second-order valence-corrected chi connectivity index (χ2v) is 7.83. The van der Waals surface area contributed by atoms with E-state index in [-0.39, 0.29) is 36.5 Å². The number of aryl methyl sites for hydroxylation is 1. The molecule has 0 aromatic heterocycles. The van der Waals surface area contributed by atoms with Crippen LogP contribution in [0.15, 0.2) is 23.1 Å². The highest BCUT2D eigenvalue weighted by Gasteiger charge is 2.36. The van der Waals surface area contributed by atoms with Crippen molar-refractivity contribution in [2.45, 2.75) is 31.2 Å². The molecule has 2 N–H and O–H groups in total. The lowest BCUT2D eigenvalue weighted by atomic mass is 10.0. The van der Waals surface area contributed by atoms with E-state index in [0.29, 0.717) is 5.56 Å². The quantitative estimate of drug-likeness (QED) is 0.641. The molecule has 1 fully saturated rings. The summed E-state index contributed by atoms with van der Waals surface area (Å²) in [7, 11) is -2.53. The third-order valence-corrected chi connectivity index (χ3v) is 5.81. The average Bonchev–Trinajstić information content (AvgIpc) is 2.62. The molecule has 1 aliphatic heterocycles. The molecular formula is C17H23N3O6S. The third-order valence-electron chi connectivity index (χ3n) is 4.26. The van der Waals surface area contributed by atoms with Crippen LogP contribution in [0.25, 0.3) is 0 Å². The second kappa shape index (κ2) is 8.49. The lowest BCUT2D eigenvalue weighted by Crippen LogP contribution is -2.58. The van der Waals surface area contributed by atoms with Crippen molar-refractivity contribution in [2.24, 2.45) is 0 Å². The van der Waals surface area contributed by atoms with Gasteiger partial charge in [-0.25, -0.2) is 13.1 Å². The summed E-state index contributed by atoms with van der Waals surface area (Å²) >= 11 is 0. The molecule has 0 radical (unpaired) electrons. The number of hydrogen-bond acceptors (Lipinski definition) is 6. The molecule has 1 aromatic rings. The summed E-state index contributed by atoms with van der Waals surface area (Å²) in [5, 5.41) is 2.62. The second-order valence-electron chi connectivity index (χ2n) is 6.06. The van der Waals surface area contributed by atoms with Crippen LogP contribution in [0.5, 0.6) is 0 Å². The maximum absolute atomic E-state index is 13.1. The van der Waals surface area contributed by atoms with Gasteiger partial charge in [0.05, 0.1) is 18.4 Å². The first-order valence-corrected chi connectivity index (χ1v) is 9.95. The van der Waals surface area contributed by atoms with Gasteiger partial charge in [-0.2, -0.15) is 0 Å². The maximum Gasteiger partial charge on any atom is 0.308 e. The van der Waals surface area contributed by atoms with Crippen LogP contribution < -0.4 is 10.0 Å². The van der Waals surface area contributed by atoms with Gasteiger partial charge in [0.1, 0.15) is 6.04 Å². The van der Waals surface area contributed by atoms with Crippen molar-refractivity contribution in [3.8, 4) is 0 Å². The Morgan fingerprint density at radius 2 is 2.07 bits per heavy atom. The summed E-state index contributed by atoms with van der Waals surface area (Å²) in [6.07, 6.45) is -0.275.